The van der Waals surface area contributed by atoms with Crippen LogP contribution in [0.3, 0.4) is 0 Å². The summed E-state index contributed by atoms with van der Waals surface area (Å²) in [5.41, 5.74) is 3.69. The lowest BCUT2D eigenvalue weighted by Crippen LogP contribution is -2.48. The predicted octanol–water partition coefficient (Wildman–Crippen LogP) is 4.01. The average Bonchev–Trinajstić information content (AvgIpc) is 3.49. The molecule has 0 spiro atoms. The second-order valence-corrected chi connectivity index (χ2v) is 12.9. The highest BCUT2D eigenvalue weighted by molar-refractivity contribution is 5.94. The van der Waals surface area contributed by atoms with E-state index in [9.17, 15) is 9.59 Å². The maximum absolute atomic E-state index is 13.1. The van der Waals surface area contributed by atoms with E-state index in [-0.39, 0.29) is 29.3 Å². The van der Waals surface area contributed by atoms with Gasteiger partial charge in [0, 0.05) is 62.9 Å². The maximum atomic E-state index is 13.1. The van der Waals surface area contributed by atoms with E-state index in [1.807, 2.05) is 73.2 Å². The maximum Gasteiger partial charge on any atom is 0.251 e. The van der Waals surface area contributed by atoms with Crippen LogP contribution in [0.15, 0.2) is 60.9 Å². The first-order chi connectivity index (χ1) is 21.1. The van der Waals surface area contributed by atoms with Gasteiger partial charge in [0.1, 0.15) is 6.04 Å². The number of piperidine rings is 1. The zero-order valence-corrected chi connectivity index (χ0v) is 26.1. The van der Waals surface area contributed by atoms with Crippen molar-refractivity contribution in [3.63, 3.8) is 0 Å². The fourth-order valence-corrected chi connectivity index (χ4v) is 5.92. The summed E-state index contributed by atoms with van der Waals surface area (Å²) in [6.07, 6.45) is 5.32. The second-order valence-electron chi connectivity index (χ2n) is 12.9. The number of anilines is 3. The molecule has 2 atom stereocenters. The van der Waals surface area contributed by atoms with Gasteiger partial charge in [0.25, 0.3) is 5.91 Å². The van der Waals surface area contributed by atoms with E-state index in [0.717, 1.165) is 43.7 Å². The monoisotopic (exact) mass is 595 g/mol. The molecule has 4 heterocycles. The Kier molecular flexibility index (Phi) is 7.98. The van der Waals surface area contributed by atoms with Crippen molar-refractivity contribution in [2.45, 2.75) is 51.1 Å². The van der Waals surface area contributed by atoms with E-state index in [0.29, 0.717) is 29.8 Å². The first-order valence-corrected chi connectivity index (χ1v) is 15.3. The zero-order valence-electron chi connectivity index (χ0n) is 26.1. The number of hydrogen-bond donors (Lipinski definition) is 2. The highest BCUT2D eigenvalue weighted by Crippen LogP contribution is 2.28. The van der Waals surface area contributed by atoms with E-state index >= 15 is 0 Å². The number of carbonyl (C=O) groups is 2. The van der Waals surface area contributed by atoms with Crippen molar-refractivity contribution in [3.8, 4) is 0 Å². The molecule has 2 fully saturated rings. The lowest BCUT2D eigenvalue weighted by Gasteiger charge is -2.37. The van der Waals surface area contributed by atoms with Gasteiger partial charge in [-0.1, -0.05) is 45.0 Å². The average molecular weight is 596 g/mol. The Labute approximate surface area is 258 Å². The lowest BCUT2D eigenvalue weighted by molar-refractivity contribution is -0.139. The molecule has 0 bridgehead atoms. The minimum absolute atomic E-state index is 0.0262. The molecule has 1 unspecified atom stereocenters. The molecule has 2 aliphatic rings. The number of hydrogen-bond acceptors (Lipinski definition) is 8. The number of piperazine rings is 1. The molecule has 2 N–H and O–H groups in total. The summed E-state index contributed by atoms with van der Waals surface area (Å²) >= 11 is 0. The molecule has 2 amide bonds. The molecule has 2 aliphatic heterocycles. The molecule has 0 saturated carbocycles. The van der Waals surface area contributed by atoms with Crippen LogP contribution in [0.25, 0.3) is 5.78 Å². The van der Waals surface area contributed by atoms with Crippen LogP contribution in [0.2, 0.25) is 0 Å². The van der Waals surface area contributed by atoms with Gasteiger partial charge in [-0.25, -0.2) is 4.98 Å². The highest BCUT2D eigenvalue weighted by Gasteiger charge is 2.32. The van der Waals surface area contributed by atoms with Crippen molar-refractivity contribution < 1.29 is 9.59 Å². The van der Waals surface area contributed by atoms with Crippen LogP contribution < -0.4 is 15.5 Å². The van der Waals surface area contributed by atoms with Gasteiger partial charge in [-0.05, 0) is 60.7 Å². The number of nitrogens with zero attached hydrogens (tertiary/aromatic N) is 7. The van der Waals surface area contributed by atoms with Gasteiger partial charge in [-0.3, -0.25) is 18.9 Å². The van der Waals surface area contributed by atoms with Crippen molar-refractivity contribution in [1.29, 1.82) is 0 Å². The number of aromatic nitrogens is 4. The molecule has 11 heteroatoms. The molecule has 11 nitrogen and oxygen atoms in total. The van der Waals surface area contributed by atoms with E-state index in [4.69, 9.17) is 9.97 Å². The Bertz CT molecular complexity index is 1640. The van der Waals surface area contributed by atoms with Gasteiger partial charge in [0.15, 0.2) is 0 Å². The summed E-state index contributed by atoms with van der Waals surface area (Å²) in [4.78, 5) is 46.0. The van der Waals surface area contributed by atoms with Crippen LogP contribution in [0.1, 0.15) is 61.1 Å². The molecule has 0 aliphatic carbocycles. The quantitative estimate of drug-likeness (QED) is 0.344. The molecule has 230 valence electrons. The summed E-state index contributed by atoms with van der Waals surface area (Å²) < 4.78 is 1.81. The Hall–Kier alpha value is -4.51. The standard InChI is InChI=1S/C33H41N9O2/c1-33(2,3)24-12-8-23(9-13-24)28(43)35-26-7-6-17-41(21-26)31-37-30-34-16-18-42(30)32(38-31)36-25-14-10-22(11-15-25)27-29(44)40(5)20-19-39(27)4/h8-16,18,26-27H,6-7,17,19-21H2,1-5H3,(H,35,43)(H,34,36,37,38)/t26-,27?/m0/s1. The van der Waals surface area contributed by atoms with Crippen LogP contribution in [0.5, 0.6) is 0 Å². The number of imidazole rings is 1. The third kappa shape index (κ3) is 6.10. The summed E-state index contributed by atoms with van der Waals surface area (Å²) in [6.45, 7) is 9.45. The van der Waals surface area contributed by atoms with E-state index in [2.05, 4.69) is 46.2 Å². The van der Waals surface area contributed by atoms with Crippen molar-refractivity contribution in [2.24, 2.45) is 0 Å². The largest absolute Gasteiger partial charge is 0.348 e. The van der Waals surface area contributed by atoms with Crippen LogP contribution in [-0.2, 0) is 10.2 Å². The topological polar surface area (TPSA) is 111 Å². The fraction of sp³-hybridized carbons (Fsp3) is 0.424. The minimum atomic E-state index is -0.288. The number of rotatable bonds is 6. The smallest absolute Gasteiger partial charge is 0.251 e. The number of nitrogens with one attached hydrogen (secondary N) is 2. The van der Waals surface area contributed by atoms with Crippen molar-refractivity contribution >= 4 is 35.2 Å². The first-order valence-electron chi connectivity index (χ1n) is 15.3. The molecule has 2 aromatic heterocycles. The molecule has 0 radical (unpaired) electrons. The summed E-state index contributed by atoms with van der Waals surface area (Å²) in [7, 11) is 3.84. The lowest BCUT2D eigenvalue weighted by atomic mass is 9.86. The summed E-state index contributed by atoms with van der Waals surface area (Å²) in [6, 6.07) is 15.5. The SMILES string of the molecule is CN1CCN(C)C(c2ccc(Nc3nc(N4CCC[C@H](NC(=O)c5ccc(C(C)(C)C)cc5)C4)nc4nccn34)cc2)C1=O. The van der Waals surface area contributed by atoms with Gasteiger partial charge in [0.05, 0.1) is 0 Å². The normalized spacial score (nSPS) is 19.8. The van der Waals surface area contributed by atoms with Crippen molar-refractivity contribution in [2.75, 3.05) is 50.5 Å². The number of carbonyl (C=O) groups excluding carboxylic acids is 2. The Morgan fingerprint density at radius 3 is 2.43 bits per heavy atom. The first kappa shape index (κ1) is 29.6. The van der Waals surface area contributed by atoms with Gasteiger partial charge < -0.3 is 20.4 Å². The molecular weight excluding hydrogens is 554 g/mol. The second kappa shape index (κ2) is 11.9. The fourth-order valence-electron chi connectivity index (χ4n) is 5.92. The number of benzene rings is 2. The molecule has 44 heavy (non-hydrogen) atoms. The Balaban J connectivity index is 1.16. The summed E-state index contributed by atoms with van der Waals surface area (Å²) in [5.74, 6) is 1.73. The zero-order chi connectivity index (χ0) is 31.0. The van der Waals surface area contributed by atoms with Gasteiger partial charge in [-0.15, -0.1) is 0 Å². The van der Waals surface area contributed by atoms with E-state index in [1.165, 1.54) is 5.56 Å². The minimum Gasteiger partial charge on any atom is -0.348 e. The third-order valence-electron chi connectivity index (χ3n) is 8.63. The van der Waals surface area contributed by atoms with Crippen LogP contribution in [0, 0.1) is 0 Å². The molecule has 6 rings (SSSR count). The van der Waals surface area contributed by atoms with Crippen LogP contribution in [-0.4, -0.2) is 87.3 Å². The van der Waals surface area contributed by atoms with Crippen LogP contribution >= 0.6 is 0 Å². The molecule has 2 saturated heterocycles. The number of likely N-dealkylation sites (N-methyl/N-ethyl adjacent to an activating group) is 2. The molecular formula is C33H41N9O2. The Morgan fingerprint density at radius 1 is 0.955 bits per heavy atom. The highest BCUT2D eigenvalue weighted by atomic mass is 16.2. The summed E-state index contributed by atoms with van der Waals surface area (Å²) in [5, 5.41) is 6.64. The van der Waals surface area contributed by atoms with Gasteiger partial charge in [-0.2, -0.15) is 9.97 Å². The number of fused-ring (bicyclic) bond motifs is 1. The van der Waals surface area contributed by atoms with Gasteiger partial charge >= 0.3 is 0 Å². The van der Waals surface area contributed by atoms with Crippen molar-refractivity contribution in [3.05, 3.63) is 77.6 Å². The van der Waals surface area contributed by atoms with Crippen LogP contribution in [0.4, 0.5) is 17.6 Å². The predicted molar refractivity (Wildman–Crippen MR) is 171 cm³/mol. The molecule has 4 aromatic rings. The van der Waals surface area contributed by atoms with E-state index < -0.39 is 0 Å². The number of amides is 2. The Morgan fingerprint density at radius 2 is 1.70 bits per heavy atom. The third-order valence-corrected chi connectivity index (χ3v) is 8.63. The van der Waals surface area contributed by atoms with Gasteiger partial charge in [0.2, 0.25) is 23.6 Å². The van der Waals surface area contributed by atoms with E-state index in [1.54, 1.807) is 11.1 Å². The van der Waals surface area contributed by atoms with Crippen molar-refractivity contribution in [1.82, 2.24) is 34.5 Å². The molecule has 2 aromatic carbocycles.